The van der Waals surface area contributed by atoms with E-state index in [1.54, 1.807) is 13.0 Å². The summed E-state index contributed by atoms with van der Waals surface area (Å²) in [7, 11) is 0. The van der Waals surface area contributed by atoms with Crippen molar-refractivity contribution in [3.05, 3.63) is 23.2 Å². The van der Waals surface area contributed by atoms with Crippen LogP contribution in [0.2, 0.25) is 0 Å². The number of hydrogen-bond donors (Lipinski definition) is 2. The summed E-state index contributed by atoms with van der Waals surface area (Å²) in [5.74, 6) is 1.63. The SMILES string of the molecule is Cc1cc(C(=O)NCC(N)C(C)C)c(C)o1. The number of nitrogens with one attached hydrogen (secondary N) is 1. The molecule has 90 valence electrons. The zero-order valence-corrected chi connectivity index (χ0v) is 10.3. The third-order valence-corrected chi connectivity index (χ3v) is 2.64. The van der Waals surface area contributed by atoms with Crippen LogP contribution in [0.15, 0.2) is 10.5 Å². The molecule has 0 saturated heterocycles. The maximum Gasteiger partial charge on any atom is 0.254 e. The molecular weight excluding hydrogens is 204 g/mol. The second-order valence-corrected chi connectivity index (χ2v) is 4.44. The Morgan fingerprint density at radius 3 is 2.56 bits per heavy atom. The smallest absolute Gasteiger partial charge is 0.254 e. The van der Waals surface area contributed by atoms with Gasteiger partial charge in [0.05, 0.1) is 5.56 Å². The average molecular weight is 224 g/mol. The van der Waals surface area contributed by atoms with Crippen LogP contribution in [0.4, 0.5) is 0 Å². The minimum Gasteiger partial charge on any atom is -0.466 e. The van der Waals surface area contributed by atoms with Gasteiger partial charge in [-0.1, -0.05) is 13.8 Å². The first-order chi connectivity index (χ1) is 7.41. The van der Waals surface area contributed by atoms with Gasteiger partial charge in [0, 0.05) is 12.6 Å². The van der Waals surface area contributed by atoms with Gasteiger partial charge in [0.1, 0.15) is 11.5 Å². The van der Waals surface area contributed by atoms with E-state index in [4.69, 9.17) is 10.2 Å². The molecule has 0 aliphatic carbocycles. The molecule has 0 aliphatic heterocycles. The molecule has 3 N–H and O–H groups in total. The highest BCUT2D eigenvalue weighted by Crippen LogP contribution is 2.13. The molecule has 1 heterocycles. The van der Waals surface area contributed by atoms with Gasteiger partial charge in [0.15, 0.2) is 0 Å². The van der Waals surface area contributed by atoms with Gasteiger partial charge < -0.3 is 15.5 Å². The van der Waals surface area contributed by atoms with Gasteiger partial charge in [-0.25, -0.2) is 0 Å². The largest absolute Gasteiger partial charge is 0.466 e. The van der Waals surface area contributed by atoms with Crippen LogP contribution in [0, 0.1) is 19.8 Å². The Morgan fingerprint density at radius 1 is 1.50 bits per heavy atom. The quantitative estimate of drug-likeness (QED) is 0.816. The molecule has 1 atom stereocenters. The molecule has 0 aromatic carbocycles. The maximum atomic E-state index is 11.8. The average Bonchev–Trinajstić information content (AvgIpc) is 2.53. The molecule has 16 heavy (non-hydrogen) atoms. The van der Waals surface area contributed by atoms with Crippen molar-refractivity contribution in [2.24, 2.45) is 11.7 Å². The zero-order chi connectivity index (χ0) is 12.3. The van der Waals surface area contributed by atoms with Gasteiger partial charge >= 0.3 is 0 Å². The van der Waals surface area contributed by atoms with Crippen LogP contribution in [-0.2, 0) is 0 Å². The van der Waals surface area contributed by atoms with Crippen molar-refractivity contribution in [2.75, 3.05) is 6.54 Å². The van der Waals surface area contributed by atoms with Gasteiger partial charge in [-0.15, -0.1) is 0 Å². The van der Waals surface area contributed by atoms with Crippen molar-refractivity contribution < 1.29 is 9.21 Å². The third-order valence-electron chi connectivity index (χ3n) is 2.64. The van der Waals surface area contributed by atoms with E-state index >= 15 is 0 Å². The predicted molar refractivity (Wildman–Crippen MR) is 63.3 cm³/mol. The van der Waals surface area contributed by atoms with Gasteiger partial charge in [-0.2, -0.15) is 0 Å². The normalized spacial score (nSPS) is 12.9. The van der Waals surface area contributed by atoms with Crippen LogP contribution < -0.4 is 11.1 Å². The number of nitrogens with two attached hydrogens (primary N) is 1. The van der Waals surface area contributed by atoms with Gasteiger partial charge in [-0.3, -0.25) is 4.79 Å². The monoisotopic (exact) mass is 224 g/mol. The van der Waals surface area contributed by atoms with Crippen LogP contribution in [0.3, 0.4) is 0 Å². The predicted octanol–water partition coefficient (Wildman–Crippen LogP) is 1.61. The molecule has 0 radical (unpaired) electrons. The molecule has 0 bridgehead atoms. The number of rotatable bonds is 4. The van der Waals surface area contributed by atoms with Crippen LogP contribution in [0.5, 0.6) is 0 Å². The Hall–Kier alpha value is -1.29. The molecule has 4 heteroatoms. The summed E-state index contributed by atoms with van der Waals surface area (Å²) in [6, 6.07) is 1.73. The third kappa shape index (κ3) is 3.10. The molecule has 0 aliphatic rings. The first-order valence-electron chi connectivity index (χ1n) is 5.52. The first-order valence-corrected chi connectivity index (χ1v) is 5.52. The number of hydrogen-bond acceptors (Lipinski definition) is 3. The van der Waals surface area contributed by atoms with E-state index < -0.39 is 0 Å². The summed E-state index contributed by atoms with van der Waals surface area (Å²) < 4.78 is 5.30. The lowest BCUT2D eigenvalue weighted by atomic mass is 10.1. The highest BCUT2D eigenvalue weighted by Gasteiger charge is 2.15. The van der Waals surface area contributed by atoms with Crippen LogP contribution in [-0.4, -0.2) is 18.5 Å². The molecule has 1 aromatic rings. The summed E-state index contributed by atoms with van der Waals surface area (Å²) in [5.41, 5.74) is 6.44. The molecule has 0 spiro atoms. The molecule has 0 fully saturated rings. The molecule has 0 saturated carbocycles. The van der Waals surface area contributed by atoms with Crippen molar-refractivity contribution in [3.8, 4) is 0 Å². The fraction of sp³-hybridized carbons (Fsp3) is 0.583. The first kappa shape index (κ1) is 12.8. The summed E-state index contributed by atoms with van der Waals surface area (Å²) in [6.45, 7) is 8.15. The fourth-order valence-corrected chi connectivity index (χ4v) is 1.40. The number of furan rings is 1. The summed E-state index contributed by atoms with van der Waals surface area (Å²) in [4.78, 5) is 11.8. The maximum absolute atomic E-state index is 11.8. The fourth-order valence-electron chi connectivity index (χ4n) is 1.40. The standard InChI is InChI=1S/C12H20N2O2/c1-7(2)11(13)6-14-12(15)10-5-8(3)16-9(10)4/h5,7,11H,6,13H2,1-4H3,(H,14,15). The van der Waals surface area contributed by atoms with E-state index in [2.05, 4.69) is 5.32 Å². The number of carbonyl (C=O) groups excluding carboxylic acids is 1. The summed E-state index contributed by atoms with van der Waals surface area (Å²) in [6.07, 6.45) is 0. The molecule has 1 unspecified atom stereocenters. The Bertz CT molecular complexity index is 369. The Morgan fingerprint density at radius 2 is 2.12 bits per heavy atom. The van der Waals surface area contributed by atoms with E-state index in [1.165, 1.54) is 0 Å². The summed E-state index contributed by atoms with van der Waals surface area (Å²) >= 11 is 0. The Kier molecular flexibility index (Phi) is 4.12. The lowest BCUT2D eigenvalue weighted by Gasteiger charge is -2.15. The van der Waals surface area contributed by atoms with Gasteiger partial charge in [0.25, 0.3) is 5.91 Å². The van der Waals surface area contributed by atoms with E-state index in [-0.39, 0.29) is 11.9 Å². The lowest BCUT2D eigenvalue weighted by Crippen LogP contribution is -2.40. The Labute approximate surface area is 96.2 Å². The van der Waals surface area contributed by atoms with Crippen molar-refractivity contribution in [1.82, 2.24) is 5.32 Å². The van der Waals surface area contributed by atoms with Crippen molar-refractivity contribution in [1.29, 1.82) is 0 Å². The molecular formula is C12H20N2O2. The van der Waals surface area contributed by atoms with Gasteiger partial charge in [-0.05, 0) is 25.8 Å². The Balaban J connectivity index is 2.56. The van der Waals surface area contributed by atoms with Crippen LogP contribution in [0.25, 0.3) is 0 Å². The number of amides is 1. The molecule has 4 nitrogen and oxygen atoms in total. The van der Waals surface area contributed by atoms with Crippen molar-refractivity contribution >= 4 is 5.91 Å². The van der Waals surface area contributed by atoms with Crippen LogP contribution >= 0.6 is 0 Å². The zero-order valence-electron chi connectivity index (χ0n) is 10.3. The highest BCUT2D eigenvalue weighted by molar-refractivity contribution is 5.95. The summed E-state index contributed by atoms with van der Waals surface area (Å²) in [5, 5.41) is 2.81. The topological polar surface area (TPSA) is 68.3 Å². The van der Waals surface area contributed by atoms with E-state index in [9.17, 15) is 4.79 Å². The minimum absolute atomic E-state index is 0.0164. The molecule has 1 amide bonds. The lowest BCUT2D eigenvalue weighted by molar-refractivity contribution is 0.0947. The van der Waals surface area contributed by atoms with E-state index in [0.29, 0.717) is 23.8 Å². The van der Waals surface area contributed by atoms with Crippen molar-refractivity contribution in [3.63, 3.8) is 0 Å². The number of carbonyl (C=O) groups is 1. The minimum atomic E-state index is -0.120. The second kappa shape index (κ2) is 5.16. The molecule has 1 rings (SSSR count). The van der Waals surface area contributed by atoms with E-state index in [1.807, 2.05) is 20.8 Å². The number of aryl methyl sites for hydroxylation is 2. The molecule has 1 aromatic heterocycles. The highest BCUT2D eigenvalue weighted by atomic mass is 16.3. The second-order valence-electron chi connectivity index (χ2n) is 4.44. The van der Waals surface area contributed by atoms with Crippen molar-refractivity contribution in [2.45, 2.75) is 33.7 Å². The van der Waals surface area contributed by atoms with E-state index in [0.717, 1.165) is 5.76 Å². The van der Waals surface area contributed by atoms with Gasteiger partial charge in [0.2, 0.25) is 0 Å². The van der Waals surface area contributed by atoms with Crippen LogP contribution in [0.1, 0.15) is 35.7 Å².